The largest absolute Gasteiger partial charge is 0.466 e. The van der Waals surface area contributed by atoms with Gasteiger partial charge in [0.05, 0.1) is 18.0 Å². The van der Waals surface area contributed by atoms with E-state index in [0.717, 1.165) is 10.9 Å². The Balaban J connectivity index is 1.59. The van der Waals surface area contributed by atoms with Gasteiger partial charge in [0.25, 0.3) is 0 Å². The molecule has 1 aliphatic heterocycles. The lowest BCUT2D eigenvalue weighted by atomic mass is 9.97. The quantitative estimate of drug-likeness (QED) is 0.580. The minimum absolute atomic E-state index is 0.0139. The number of esters is 1. The molecule has 2 aromatic heterocycles. The van der Waals surface area contributed by atoms with Gasteiger partial charge in [0, 0.05) is 24.4 Å². The second-order valence-electron chi connectivity index (χ2n) is 8.15. The summed E-state index contributed by atoms with van der Waals surface area (Å²) < 4.78 is 7.81. The van der Waals surface area contributed by atoms with E-state index in [1.807, 2.05) is 38.1 Å². The molecule has 0 radical (unpaired) electrons. The summed E-state index contributed by atoms with van der Waals surface area (Å²) in [6.45, 7) is 6.87. The number of benzene rings is 1. The van der Waals surface area contributed by atoms with Crippen molar-refractivity contribution in [2.75, 3.05) is 19.7 Å². The summed E-state index contributed by atoms with van der Waals surface area (Å²) in [5.74, 6) is 0.0728. The first-order valence-electron chi connectivity index (χ1n) is 10.7. The summed E-state index contributed by atoms with van der Waals surface area (Å²) in [7, 11) is 0. The molecule has 1 aliphatic rings. The van der Waals surface area contributed by atoms with E-state index >= 15 is 0 Å². The third kappa shape index (κ3) is 3.92. The topological polar surface area (TPSA) is 98.8 Å². The molecular weight excluding hydrogens is 398 g/mol. The molecule has 0 saturated carbocycles. The van der Waals surface area contributed by atoms with E-state index in [2.05, 4.69) is 10.1 Å². The summed E-state index contributed by atoms with van der Waals surface area (Å²) in [6.07, 6.45) is 1.13. The number of hydrogen-bond acceptors (Lipinski definition) is 6. The SMILES string of the molecule is CCOC(=O)C1CCN(C(=O)Cn2nc3c4ccccc4nc(C(C)C)n3c2=O)CC1. The van der Waals surface area contributed by atoms with Gasteiger partial charge < -0.3 is 9.64 Å². The lowest BCUT2D eigenvalue weighted by molar-refractivity contribution is -0.151. The highest BCUT2D eigenvalue weighted by Crippen LogP contribution is 2.21. The van der Waals surface area contributed by atoms with Gasteiger partial charge in [0.15, 0.2) is 5.65 Å². The first kappa shape index (κ1) is 21.0. The zero-order chi connectivity index (χ0) is 22.1. The van der Waals surface area contributed by atoms with Gasteiger partial charge >= 0.3 is 11.7 Å². The highest BCUT2D eigenvalue weighted by molar-refractivity contribution is 5.91. The van der Waals surface area contributed by atoms with Gasteiger partial charge in [-0.05, 0) is 31.9 Å². The Bertz CT molecular complexity index is 1190. The van der Waals surface area contributed by atoms with E-state index in [-0.39, 0.29) is 35.9 Å². The maximum atomic E-state index is 13.1. The fraction of sp³-hybridized carbons (Fsp3) is 0.500. The van der Waals surface area contributed by atoms with Crippen LogP contribution >= 0.6 is 0 Å². The number of fused-ring (bicyclic) bond motifs is 3. The van der Waals surface area contributed by atoms with Crippen LogP contribution in [0.15, 0.2) is 29.1 Å². The summed E-state index contributed by atoms with van der Waals surface area (Å²) in [5.41, 5.74) is 0.906. The van der Waals surface area contributed by atoms with Crippen molar-refractivity contribution in [3.63, 3.8) is 0 Å². The molecule has 0 spiro atoms. The van der Waals surface area contributed by atoms with Gasteiger partial charge in [0.1, 0.15) is 12.4 Å². The van der Waals surface area contributed by atoms with Crippen molar-refractivity contribution in [3.8, 4) is 0 Å². The summed E-state index contributed by atoms with van der Waals surface area (Å²) in [6, 6.07) is 7.54. The predicted molar refractivity (Wildman–Crippen MR) is 115 cm³/mol. The Morgan fingerprint density at radius 3 is 2.58 bits per heavy atom. The molecule has 3 aromatic rings. The number of carbonyl (C=O) groups excluding carboxylic acids is 2. The zero-order valence-electron chi connectivity index (χ0n) is 18.1. The van der Waals surface area contributed by atoms with E-state index in [1.54, 1.807) is 11.8 Å². The average Bonchev–Trinajstić information content (AvgIpc) is 3.09. The molecule has 1 saturated heterocycles. The van der Waals surface area contributed by atoms with Crippen LogP contribution in [0.3, 0.4) is 0 Å². The number of hydrogen-bond donors (Lipinski definition) is 0. The molecule has 1 fully saturated rings. The molecule has 4 rings (SSSR count). The van der Waals surface area contributed by atoms with Gasteiger partial charge in [-0.25, -0.2) is 18.9 Å². The van der Waals surface area contributed by atoms with Crippen LogP contribution in [0.2, 0.25) is 0 Å². The highest BCUT2D eigenvalue weighted by atomic mass is 16.5. The minimum Gasteiger partial charge on any atom is -0.466 e. The second kappa shape index (κ2) is 8.49. The van der Waals surface area contributed by atoms with Crippen molar-refractivity contribution in [2.45, 2.75) is 46.1 Å². The number of para-hydroxylation sites is 1. The highest BCUT2D eigenvalue weighted by Gasteiger charge is 2.29. The van der Waals surface area contributed by atoms with Crippen molar-refractivity contribution < 1.29 is 14.3 Å². The predicted octanol–water partition coefficient (Wildman–Crippen LogP) is 1.97. The number of piperidine rings is 1. The molecule has 0 N–H and O–H groups in total. The Morgan fingerprint density at radius 1 is 1.19 bits per heavy atom. The molecule has 1 amide bonds. The van der Waals surface area contributed by atoms with E-state index in [1.165, 1.54) is 9.08 Å². The van der Waals surface area contributed by atoms with Crippen molar-refractivity contribution in [3.05, 3.63) is 40.6 Å². The number of carbonyl (C=O) groups is 2. The van der Waals surface area contributed by atoms with Crippen molar-refractivity contribution >= 4 is 28.4 Å². The van der Waals surface area contributed by atoms with Crippen molar-refractivity contribution in [2.24, 2.45) is 5.92 Å². The third-order valence-electron chi connectivity index (χ3n) is 5.72. The van der Waals surface area contributed by atoms with Crippen LogP contribution in [0.4, 0.5) is 0 Å². The maximum Gasteiger partial charge on any atom is 0.352 e. The maximum absolute atomic E-state index is 13.1. The number of likely N-dealkylation sites (tertiary alicyclic amines) is 1. The summed E-state index contributed by atoms with van der Waals surface area (Å²) in [5, 5.41) is 5.26. The minimum atomic E-state index is -0.369. The number of rotatable bonds is 5. The Morgan fingerprint density at radius 2 is 1.90 bits per heavy atom. The van der Waals surface area contributed by atoms with Crippen LogP contribution < -0.4 is 5.69 Å². The van der Waals surface area contributed by atoms with Gasteiger partial charge in [-0.15, -0.1) is 5.10 Å². The number of nitrogens with zero attached hydrogens (tertiary/aromatic N) is 5. The number of amides is 1. The molecule has 3 heterocycles. The van der Waals surface area contributed by atoms with E-state index in [9.17, 15) is 14.4 Å². The van der Waals surface area contributed by atoms with Crippen LogP contribution in [0.1, 0.15) is 45.4 Å². The Kier molecular flexibility index (Phi) is 5.75. The van der Waals surface area contributed by atoms with Crippen LogP contribution in [0.5, 0.6) is 0 Å². The third-order valence-corrected chi connectivity index (χ3v) is 5.72. The van der Waals surface area contributed by atoms with E-state index in [4.69, 9.17) is 4.74 Å². The van der Waals surface area contributed by atoms with Crippen LogP contribution in [-0.4, -0.2) is 55.6 Å². The van der Waals surface area contributed by atoms with Crippen molar-refractivity contribution in [1.82, 2.24) is 24.1 Å². The van der Waals surface area contributed by atoms with Crippen molar-refractivity contribution in [1.29, 1.82) is 0 Å². The molecule has 0 atom stereocenters. The van der Waals surface area contributed by atoms with Crippen LogP contribution in [-0.2, 0) is 20.9 Å². The molecule has 31 heavy (non-hydrogen) atoms. The van der Waals surface area contributed by atoms with Gasteiger partial charge in [-0.2, -0.15) is 0 Å². The van der Waals surface area contributed by atoms with E-state index in [0.29, 0.717) is 44.0 Å². The molecule has 164 valence electrons. The Labute approximate surface area is 179 Å². The molecule has 1 aromatic carbocycles. The molecule has 0 aliphatic carbocycles. The monoisotopic (exact) mass is 425 g/mol. The molecule has 9 nitrogen and oxygen atoms in total. The normalized spacial score (nSPS) is 15.2. The molecular formula is C22H27N5O4. The number of aromatic nitrogens is 4. The second-order valence-corrected chi connectivity index (χ2v) is 8.15. The smallest absolute Gasteiger partial charge is 0.352 e. The first-order chi connectivity index (χ1) is 14.9. The first-order valence-corrected chi connectivity index (χ1v) is 10.7. The Hall–Kier alpha value is -3.23. The van der Waals surface area contributed by atoms with Gasteiger partial charge in [0.2, 0.25) is 5.91 Å². The lowest BCUT2D eigenvalue weighted by Crippen LogP contribution is -2.43. The fourth-order valence-electron chi connectivity index (χ4n) is 4.07. The summed E-state index contributed by atoms with van der Waals surface area (Å²) >= 11 is 0. The van der Waals surface area contributed by atoms with Gasteiger partial charge in [-0.3, -0.25) is 9.59 Å². The molecule has 9 heteroatoms. The van der Waals surface area contributed by atoms with Gasteiger partial charge in [-0.1, -0.05) is 26.0 Å². The zero-order valence-corrected chi connectivity index (χ0v) is 18.1. The summed E-state index contributed by atoms with van der Waals surface area (Å²) in [4.78, 5) is 44.2. The average molecular weight is 425 g/mol. The van der Waals surface area contributed by atoms with E-state index < -0.39 is 0 Å². The molecule has 0 bridgehead atoms. The standard InChI is InChI=1S/C22H27N5O4/c1-4-31-21(29)15-9-11-25(12-10-15)18(28)13-26-22(30)27-19(14(2)3)23-17-8-6-5-7-16(17)20(27)24-26/h5-8,14-15H,4,9-13H2,1-3H3. The van der Waals surface area contributed by atoms with Crippen LogP contribution in [0.25, 0.3) is 16.6 Å². The fourth-order valence-corrected chi connectivity index (χ4v) is 4.07. The molecule has 0 unspecified atom stereocenters. The number of ether oxygens (including phenoxy) is 1. The van der Waals surface area contributed by atoms with Crippen LogP contribution in [0, 0.1) is 5.92 Å². The lowest BCUT2D eigenvalue weighted by Gasteiger charge is -2.30.